The van der Waals surface area contributed by atoms with Crippen LogP contribution in [0.3, 0.4) is 0 Å². The van der Waals surface area contributed by atoms with Crippen molar-refractivity contribution in [3.8, 4) is 5.75 Å². The van der Waals surface area contributed by atoms with Crippen LogP contribution in [0.4, 0.5) is 0 Å². The number of amides is 1. The van der Waals surface area contributed by atoms with E-state index < -0.39 is 17.9 Å². The summed E-state index contributed by atoms with van der Waals surface area (Å²) in [4.78, 5) is 29.9. The molecule has 2 aromatic rings. The molecule has 0 saturated carbocycles. The largest absolute Gasteiger partial charge is 0.507 e. The number of halogens is 1. The van der Waals surface area contributed by atoms with E-state index in [2.05, 4.69) is 31.2 Å². The number of phenolic OH excluding ortho intramolecular Hbond substituents is 1. The van der Waals surface area contributed by atoms with Gasteiger partial charge in [-0.1, -0.05) is 15.9 Å². The molecule has 2 rings (SSSR count). The summed E-state index contributed by atoms with van der Waals surface area (Å²) in [5.41, 5.74) is 0.585. The predicted molar refractivity (Wildman–Crippen MR) is 77.0 cm³/mol. The third-order valence-electron chi connectivity index (χ3n) is 2.79. The zero-order valence-corrected chi connectivity index (χ0v) is 12.3. The Bertz CT molecular complexity index is 657. The molecular weight excluding hydrogens is 342 g/mol. The van der Waals surface area contributed by atoms with E-state index in [1.807, 2.05) is 0 Å². The first-order valence-corrected chi connectivity index (χ1v) is 6.76. The molecule has 0 aliphatic rings. The first-order valence-electron chi connectivity index (χ1n) is 5.97. The maximum Gasteiger partial charge on any atom is 0.326 e. The summed E-state index contributed by atoms with van der Waals surface area (Å²) in [5, 5.41) is 21.2. The number of imidazole rings is 1. The monoisotopic (exact) mass is 353 g/mol. The number of carboxylic acid groups (broad SMARTS) is 1. The molecule has 1 heterocycles. The molecule has 0 radical (unpaired) electrons. The lowest BCUT2D eigenvalue weighted by atomic mass is 10.1. The number of benzene rings is 1. The molecule has 1 unspecified atom stereocenters. The molecule has 1 amide bonds. The fraction of sp³-hybridized carbons (Fsp3) is 0.154. The number of hydrogen-bond acceptors (Lipinski definition) is 4. The molecule has 4 N–H and O–H groups in total. The summed E-state index contributed by atoms with van der Waals surface area (Å²) in [6, 6.07) is 3.21. The van der Waals surface area contributed by atoms with Gasteiger partial charge < -0.3 is 20.5 Å². The predicted octanol–water partition coefficient (Wildman–Crippen LogP) is 1.30. The van der Waals surface area contributed by atoms with Gasteiger partial charge >= 0.3 is 5.97 Å². The third kappa shape index (κ3) is 3.82. The van der Waals surface area contributed by atoms with Gasteiger partial charge in [0, 0.05) is 22.8 Å². The van der Waals surface area contributed by atoms with E-state index >= 15 is 0 Å². The molecule has 0 fully saturated rings. The fourth-order valence-electron chi connectivity index (χ4n) is 1.74. The Morgan fingerprint density at radius 1 is 1.43 bits per heavy atom. The summed E-state index contributed by atoms with van der Waals surface area (Å²) in [6.45, 7) is 0. The zero-order chi connectivity index (χ0) is 15.4. The number of aliphatic carboxylic acids is 1. The first-order chi connectivity index (χ1) is 9.97. The molecule has 0 spiro atoms. The third-order valence-corrected chi connectivity index (χ3v) is 3.28. The first kappa shape index (κ1) is 15.0. The highest BCUT2D eigenvalue weighted by atomic mass is 79.9. The Morgan fingerprint density at radius 3 is 2.81 bits per heavy atom. The zero-order valence-electron chi connectivity index (χ0n) is 10.7. The van der Waals surface area contributed by atoms with Crippen LogP contribution >= 0.6 is 15.9 Å². The van der Waals surface area contributed by atoms with Gasteiger partial charge in [-0.3, -0.25) is 4.79 Å². The van der Waals surface area contributed by atoms with Crippen molar-refractivity contribution < 1.29 is 19.8 Å². The Labute approximate surface area is 128 Å². The van der Waals surface area contributed by atoms with E-state index in [1.165, 1.54) is 24.7 Å². The molecule has 1 aromatic carbocycles. The lowest BCUT2D eigenvalue weighted by Crippen LogP contribution is -2.42. The summed E-state index contributed by atoms with van der Waals surface area (Å²) in [6.07, 6.45) is 2.98. The number of H-pyrrole nitrogens is 1. The minimum absolute atomic E-state index is 0.000218. The van der Waals surface area contributed by atoms with Gasteiger partial charge in [-0.2, -0.15) is 0 Å². The van der Waals surface area contributed by atoms with Crippen molar-refractivity contribution in [2.75, 3.05) is 0 Å². The van der Waals surface area contributed by atoms with Crippen molar-refractivity contribution in [2.24, 2.45) is 0 Å². The van der Waals surface area contributed by atoms with Crippen LogP contribution in [0, 0.1) is 0 Å². The normalized spacial score (nSPS) is 11.9. The second kappa shape index (κ2) is 6.40. The van der Waals surface area contributed by atoms with E-state index in [0.717, 1.165) is 0 Å². The number of carbonyl (C=O) groups excluding carboxylic acids is 1. The minimum Gasteiger partial charge on any atom is -0.507 e. The van der Waals surface area contributed by atoms with E-state index in [-0.39, 0.29) is 17.7 Å². The number of nitrogens with one attached hydrogen (secondary N) is 2. The molecule has 1 aromatic heterocycles. The van der Waals surface area contributed by atoms with Gasteiger partial charge in [0.15, 0.2) is 0 Å². The standard InChI is InChI=1S/C13H12BrN3O4/c14-7-1-2-11(18)9(3-7)12(19)17-10(13(20)21)4-8-5-15-6-16-8/h1-3,5-6,10,18H,4H2,(H,15,16)(H,17,19)(H,20,21). The van der Waals surface area contributed by atoms with Crippen LogP contribution in [0.1, 0.15) is 16.1 Å². The number of carbonyl (C=O) groups is 2. The lowest BCUT2D eigenvalue weighted by Gasteiger charge is -2.14. The number of carboxylic acids is 1. The SMILES string of the molecule is O=C(NC(Cc1cnc[nH]1)C(=O)O)c1cc(Br)ccc1O. The van der Waals surface area contributed by atoms with E-state index in [0.29, 0.717) is 10.2 Å². The molecular formula is C13H12BrN3O4. The topological polar surface area (TPSA) is 115 Å². The number of phenols is 1. The molecule has 8 heteroatoms. The Kier molecular flexibility index (Phi) is 4.59. The summed E-state index contributed by atoms with van der Waals surface area (Å²) in [5.74, 6) is -2.06. The van der Waals surface area contributed by atoms with Gasteiger partial charge in [0.1, 0.15) is 11.8 Å². The quantitative estimate of drug-likeness (QED) is 0.646. The Morgan fingerprint density at radius 2 is 2.19 bits per heavy atom. The molecule has 1 atom stereocenters. The molecule has 0 aliphatic heterocycles. The van der Waals surface area contributed by atoms with E-state index in [4.69, 9.17) is 0 Å². The number of hydrogen-bond donors (Lipinski definition) is 4. The second-order valence-electron chi connectivity index (χ2n) is 4.31. The highest BCUT2D eigenvalue weighted by Crippen LogP contribution is 2.21. The van der Waals surface area contributed by atoms with Gasteiger partial charge in [0.2, 0.25) is 0 Å². The van der Waals surface area contributed by atoms with Gasteiger partial charge in [-0.05, 0) is 18.2 Å². The van der Waals surface area contributed by atoms with Crippen LogP contribution in [0.5, 0.6) is 5.75 Å². The molecule has 0 aliphatic carbocycles. The van der Waals surface area contributed by atoms with Gasteiger partial charge in [0.05, 0.1) is 11.9 Å². The summed E-state index contributed by atoms with van der Waals surface area (Å²) in [7, 11) is 0. The lowest BCUT2D eigenvalue weighted by molar-refractivity contribution is -0.139. The van der Waals surface area contributed by atoms with E-state index in [1.54, 1.807) is 6.07 Å². The number of rotatable bonds is 5. The van der Waals surface area contributed by atoms with Crippen LogP contribution in [-0.2, 0) is 11.2 Å². The van der Waals surface area contributed by atoms with Gasteiger partial charge in [-0.15, -0.1) is 0 Å². The summed E-state index contributed by atoms with van der Waals surface area (Å²) >= 11 is 3.19. The van der Waals surface area contributed by atoms with Gasteiger partial charge in [-0.25, -0.2) is 9.78 Å². The molecule has 110 valence electrons. The minimum atomic E-state index is -1.17. The molecule has 21 heavy (non-hydrogen) atoms. The average Bonchev–Trinajstić information content (AvgIpc) is 2.93. The van der Waals surface area contributed by atoms with E-state index in [9.17, 15) is 19.8 Å². The number of aromatic amines is 1. The van der Waals surface area contributed by atoms with Crippen molar-refractivity contribution in [1.82, 2.24) is 15.3 Å². The van der Waals surface area contributed by atoms with Crippen LogP contribution in [-0.4, -0.2) is 38.1 Å². The number of aromatic nitrogens is 2. The molecule has 0 saturated heterocycles. The van der Waals surface area contributed by atoms with Crippen LogP contribution < -0.4 is 5.32 Å². The van der Waals surface area contributed by atoms with Crippen LogP contribution in [0.25, 0.3) is 0 Å². The van der Waals surface area contributed by atoms with Crippen molar-refractivity contribution in [2.45, 2.75) is 12.5 Å². The second-order valence-corrected chi connectivity index (χ2v) is 5.22. The highest BCUT2D eigenvalue weighted by Gasteiger charge is 2.23. The smallest absolute Gasteiger partial charge is 0.326 e. The maximum atomic E-state index is 12.1. The van der Waals surface area contributed by atoms with Crippen molar-refractivity contribution in [1.29, 1.82) is 0 Å². The highest BCUT2D eigenvalue weighted by molar-refractivity contribution is 9.10. The molecule has 7 nitrogen and oxygen atoms in total. The summed E-state index contributed by atoms with van der Waals surface area (Å²) < 4.78 is 0.603. The van der Waals surface area contributed by atoms with Crippen molar-refractivity contribution >= 4 is 27.8 Å². The number of nitrogens with zero attached hydrogens (tertiary/aromatic N) is 1. The number of aromatic hydroxyl groups is 1. The fourth-order valence-corrected chi connectivity index (χ4v) is 2.10. The maximum absolute atomic E-state index is 12.1. The van der Waals surface area contributed by atoms with Crippen molar-refractivity contribution in [3.05, 3.63) is 46.5 Å². The Balaban J connectivity index is 2.14. The van der Waals surface area contributed by atoms with Crippen LogP contribution in [0.2, 0.25) is 0 Å². The molecule has 0 bridgehead atoms. The van der Waals surface area contributed by atoms with Crippen LogP contribution in [0.15, 0.2) is 35.2 Å². The van der Waals surface area contributed by atoms with Crippen molar-refractivity contribution in [3.63, 3.8) is 0 Å². The van der Waals surface area contributed by atoms with Gasteiger partial charge in [0.25, 0.3) is 5.91 Å². The Hall–Kier alpha value is -2.35. The average molecular weight is 354 g/mol.